The van der Waals surface area contributed by atoms with E-state index in [-0.39, 0.29) is 0 Å². The number of aliphatic hydroxyl groups excluding tert-OH is 1. The maximum Gasteiger partial charge on any atom is 0.0802 e. The van der Waals surface area contributed by atoms with Crippen LogP contribution < -0.4 is 0 Å². The highest BCUT2D eigenvalue weighted by Crippen LogP contribution is 2.26. The predicted molar refractivity (Wildman–Crippen MR) is 56.8 cm³/mol. The lowest BCUT2D eigenvalue weighted by molar-refractivity contribution is 0.174. The van der Waals surface area contributed by atoms with Gasteiger partial charge in [-0.25, -0.2) is 0 Å². The Morgan fingerprint density at radius 3 is 2.46 bits per heavy atom. The summed E-state index contributed by atoms with van der Waals surface area (Å²) in [5.74, 6) is 0.418. The molecule has 0 unspecified atom stereocenters. The zero-order valence-corrected chi connectivity index (χ0v) is 9.07. The van der Waals surface area contributed by atoms with E-state index in [1.807, 2.05) is 0 Å². The second-order valence-corrected chi connectivity index (χ2v) is 3.86. The third-order valence-corrected chi connectivity index (χ3v) is 2.67. The average Bonchev–Trinajstić information content (AvgIpc) is 2.10. The molecule has 0 spiro atoms. The number of hydrogen-bond acceptors (Lipinski definition) is 1. The Morgan fingerprint density at radius 2 is 1.92 bits per heavy atom. The fourth-order valence-corrected chi connectivity index (χ4v) is 1.50. The Balaban J connectivity index is 2.84. The van der Waals surface area contributed by atoms with Crippen molar-refractivity contribution in [2.24, 2.45) is 0 Å². The van der Waals surface area contributed by atoms with Crippen molar-refractivity contribution in [3.63, 3.8) is 0 Å². The standard InChI is InChI=1S/C9H9Cl3O/c10-4-3-9(13)6-1-2-7(11)8(12)5-6/h1-2,5,9,13H,3-4H2/t9-/m0/s1. The van der Waals surface area contributed by atoms with E-state index in [2.05, 4.69) is 0 Å². The highest BCUT2D eigenvalue weighted by Gasteiger charge is 2.08. The molecule has 1 N–H and O–H groups in total. The normalized spacial score (nSPS) is 12.9. The topological polar surface area (TPSA) is 20.2 Å². The molecule has 13 heavy (non-hydrogen) atoms. The van der Waals surface area contributed by atoms with Crippen LogP contribution in [0.3, 0.4) is 0 Å². The van der Waals surface area contributed by atoms with Gasteiger partial charge in [0.2, 0.25) is 0 Å². The summed E-state index contributed by atoms with van der Waals surface area (Å²) in [6.45, 7) is 0. The summed E-state index contributed by atoms with van der Waals surface area (Å²) in [6.07, 6.45) is -0.0493. The maximum atomic E-state index is 9.55. The van der Waals surface area contributed by atoms with Crippen LogP contribution in [0.5, 0.6) is 0 Å². The predicted octanol–water partition coefficient (Wildman–Crippen LogP) is 3.66. The molecule has 0 radical (unpaired) electrons. The van der Waals surface area contributed by atoms with Gasteiger partial charge in [0.25, 0.3) is 0 Å². The molecule has 0 saturated carbocycles. The highest BCUT2D eigenvalue weighted by molar-refractivity contribution is 6.42. The zero-order chi connectivity index (χ0) is 9.84. The molecule has 0 heterocycles. The highest BCUT2D eigenvalue weighted by atomic mass is 35.5. The molecule has 1 aromatic rings. The first-order chi connectivity index (χ1) is 6.15. The first kappa shape index (κ1) is 11.1. The van der Waals surface area contributed by atoms with Crippen LogP contribution in [0.1, 0.15) is 18.1 Å². The van der Waals surface area contributed by atoms with Gasteiger partial charge in [0.15, 0.2) is 0 Å². The Labute approximate surface area is 92.2 Å². The summed E-state index contributed by atoms with van der Waals surface area (Å²) >= 11 is 17.0. The van der Waals surface area contributed by atoms with Crippen LogP contribution >= 0.6 is 34.8 Å². The van der Waals surface area contributed by atoms with Crippen molar-refractivity contribution in [2.45, 2.75) is 12.5 Å². The summed E-state index contributed by atoms with van der Waals surface area (Å²) in [7, 11) is 0. The molecule has 0 aromatic heterocycles. The third kappa shape index (κ3) is 3.03. The molecule has 0 amide bonds. The van der Waals surface area contributed by atoms with Crippen molar-refractivity contribution < 1.29 is 5.11 Å². The Kier molecular flexibility index (Phi) is 4.33. The molecule has 72 valence electrons. The van der Waals surface area contributed by atoms with Gasteiger partial charge in [0.1, 0.15) is 0 Å². The van der Waals surface area contributed by atoms with Crippen LogP contribution in [0.4, 0.5) is 0 Å². The number of rotatable bonds is 3. The van der Waals surface area contributed by atoms with Gasteiger partial charge in [-0.15, -0.1) is 11.6 Å². The summed E-state index contributed by atoms with van der Waals surface area (Å²) in [5.41, 5.74) is 0.745. The van der Waals surface area contributed by atoms with Crippen LogP contribution in [0.2, 0.25) is 10.0 Å². The Bertz CT molecular complexity index is 288. The molecule has 1 rings (SSSR count). The van der Waals surface area contributed by atoms with E-state index in [0.717, 1.165) is 5.56 Å². The van der Waals surface area contributed by atoms with Gasteiger partial charge in [-0.1, -0.05) is 29.3 Å². The molecule has 1 nitrogen and oxygen atoms in total. The minimum absolute atomic E-state index is 0.418. The molecule has 0 bridgehead atoms. The van der Waals surface area contributed by atoms with E-state index in [0.29, 0.717) is 22.3 Å². The van der Waals surface area contributed by atoms with Crippen LogP contribution in [-0.2, 0) is 0 Å². The molecule has 0 saturated heterocycles. The Hall–Kier alpha value is 0.0500. The summed E-state index contributed by atoms with van der Waals surface area (Å²) in [4.78, 5) is 0. The van der Waals surface area contributed by atoms with Crippen molar-refractivity contribution in [1.29, 1.82) is 0 Å². The van der Waals surface area contributed by atoms with Crippen LogP contribution in [0.25, 0.3) is 0 Å². The first-order valence-corrected chi connectivity index (χ1v) is 5.13. The van der Waals surface area contributed by atoms with E-state index in [9.17, 15) is 5.11 Å². The maximum absolute atomic E-state index is 9.55. The number of benzene rings is 1. The van der Waals surface area contributed by atoms with Crippen molar-refractivity contribution in [1.82, 2.24) is 0 Å². The number of halogens is 3. The van der Waals surface area contributed by atoms with Crippen molar-refractivity contribution in [2.75, 3.05) is 5.88 Å². The molecule has 0 aliphatic carbocycles. The average molecular weight is 240 g/mol. The van der Waals surface area contributed by atoms with Gasteiger partial charge >= 0.3 is 0 Å². The third-order valence-electron chi connectivity index (χ3n) is 1.71. The van der Waals surface area contributed by atoms with Gasteiger partial charge in [0.05, 0.1) is 16.1 Å². The molecule has 0 fully saturated rings. The zero-order valence-electron chi connectivity index (χ0n) is 6.80. The SMILES string of the molecule is O[C@@H](CCCl)c1ccc(Cl)c(Cl)c1. The summed E-state index contributed by atoms with van der Waals surface area (Å²) in [6, 6.07) is 5.06. The lowest BCUT2D eigenvalue weighted by Gasteiger charge is -2.09. The largest absolute Gasteiger partial charge is 0.388 e. The lowest BCUT2D eigenvalue weighted by Crippen LogP contribution is -1.97. The number of hydrogen-bond donors (Lipinski definition) is 1. The second kappa shape index (κ2) is 5.06. The molecule has 0 aliphatic heterocycles. The van der Waals surface area contributed by atoms with Gasteiger partial charge in [-0.3, -0.25) is 0 Å². The van der Waals surface area contributed by atoms with E-state index in [4.69, 9.17) is 34.8 Å². The Morgan fingerprint density at radius 1 is 1.23 bits per heavy atom. The lowest BCUT2D eigenvalue weighted by atomic mass is 10.1. The van der Waals surface area contributed by atoms with Crippen molar-refractivity contribution in [3.8, 4) is 0 Å². The van der Waals surface area contributed by atoms with Crippen LogP contribution in [-0.4, -0.2) is 11.0 Å². The molecule has 1 atom stereocenters. The molecular weight excluding hydrogens is 230 g/mol. The van der Waals surface area contributed by atoms with E-state index >= 15 is 0 Å². The summed E-state index contributed by atoms with van der Waals surface area (Å²) < 4.78 is 0. The molecular formula is C9H9Cl3O. The quantitative estimate of drug-likeness (QED) is 0.798. The van der Waals surface area contributed by atoms with Gasteiger partial charge in [-0.05, 0) is 24.1 Å². The number of aliphatic hydroxyl groups is 1. The van der Waals surface area contributed by atoms with Gasteiger partial charge in [0, 0.05) is 5.88 Å². The van der Waals surface area contributed by atoms with Gasteiger partial charge < -0.3 is 5.11 Å². The molecule has 0 aliphatic rings. The molecule has 1 aromatic carbocycles. The monoisotopic (exact) mass is 238 g/mol. The van der Waals surface area contributed by atoms with Crippen molar-refractivity contribution >= 4 is 34.8 Å². The van der Waals surface area contributed by atoms with Crippen LogP contribution in [0, 0.1) is 0 Å². The van der Waals surface area contributed by atoms with Gasteiger partial charge in [-0.2, -0.15) is 0 Å². The first-order valence-electron chi connectivity index (χ1n) is 3.84. The number of alkyl halides is 1. The second-order valence-electron chi connectivity index (χ2n) is 2.67. The van der Waals surface area contributed by atoms with E-state index in [1.165, 1.54) is 0 Å². The minimum Gasteiger partial charge on any atom is -0.388 e. The van der Waals surface area contributed by atoms with E-state index < -0.39 is 6.10 Å². The van der Waals surface area contributed by atoms with Crippen molar-refractivity contribution in [3.05, 3.63) is 33.8 Å². The molecule has 4 heteroatoms. The van der Waals surface area contributed by atoms with Crippen LogP contribution in [0.15, 0.2) is 18.2 Å². The fraction of sp³-hybridized carbons (Fsp3) is 0.333. The van der Waals surface area contributed by atoms with E-state index in [1.54, 1.807) is 18.2 Å². The fourth-order valence-electron chi connectivity index (χ4n) is 0.990. The summed E-state index contributed by atoms with van der Waals surface area (Å²) in [5, 5.41) is 10.5. The minimum atomic E-state index is -0.563. The smallest absolute Gasteiger partial charge is 0.0802 e.